The Kier molecular flexibility index (Phi) is 1.72. The summed E-state index contributed by atoms with van der Waals surface area (Å²) in [6.07, 6.45) is 1.54. The van der Waals surface area contributed by atoms with E-state index in [4.69, 9.17) is 0 Å². The van der Waals surface area contributed by atoms with E-state index in [1.165, 1.54) is 18.6 Å². The van der Waals surface area contributed by atoms with Gasteiger partial charge in [-0.25, -0.2) is 14.4 Å². The average molecular weight is 125 g/mol. The van der Waals surface area contributed by atoms with Crippen molar-refractivity contribution < 1.29 is 4.39 Å². The summed E-state index contributed by atoms with van der Waals surface area (Å²) in [5.41, 5.74) is 0.324. The summed E-state index contributed by atoms with van der Waals surface area (Å²) in [6.45, 7) is 3.15. The number of alkyl halides is 1. The molecule has 0 fully saturated rings. The summed E-state index contributed by atoms with van der Waals surface area (Å²) in [6, 6.07) is 1.50. The van der Waals surface area contributed by atoms with Gasteiger partial charge in [0.05, 0.1) is 5.69 Å². The molecule has 0 aliphatic heterocycles. The van der Waals surface area contributed by atoms with Gasteiger partial charge < -0.3 is 0 Å². The molecule has 2 nitrogen and oxygen atoms in total. The van der Waals surface area contributed by atoms with E-state index in [-0.39, 0.29) is 0 Å². The third-order valence-electron chi connectivity index (χ3n) is 0.926. The maximum absolute atomic E-state index is 12.2. The largest absolute Gasteiger partial charge is 0.245 e. The first kappa shape index (κ1) is 6.13. The van der Waals surface area contributed by atoms with Gasteiger partial charge in [0, 0.05) is 6.20 Å². The molecule has 0 aliphatic carbocycles. The lowest BCUT2D eigenvalue weighted by Crippen LogP contribution is -1.89. The number of hydrogen-bond acceptors (Lipinski definition) is 2. The molecule has 1 rings (SSSR count). The minimum atomic E-state index is -1.24. The first-order valence-electron chi connectivity index (χ1n) is 2.54. The van der Waals surface area contributed by atoms with Crippen molar-refractivity contribution in [3.8, 4) is 0 Å². The Morgan fingerprint density at radius 1 is 1.67 bits per heavy atom. The van der Waals surface area contributed by atoms with Crippen molar-refractivity contribution in [2.45, 2.75) is 6.17 Å². The van der Waals surface area contributed by atoms with E-state index in [0.717, 1.165) is 0 Å². The average Bonchev–Trinajstić information content (AvgIpc) is 1.90. The molecule has 47 valence electrons. The minimum Gasteiger partial charge on any atom is -0.245 e. The van der Waals surface area contributed by atoms with Gasteiger partial charge in [-0.05, 0) is 13.0 Å². The smallest absolute Gasteiger partial charge is 0.142 e. The predicted molar refractivity (Wildman–Crippen MR) is 31.2 cm³/mol. The van der Waals surface area contributed by atoms with Crippen LogP contribution in [0.5, 0.6) is 0 Å². The molecular formula is C6H6FN2. The fourth-order valence-electron chi connectivity index (χ4n) is 0.486. The van der Waals surface area contributed by atoms with E-state index < -0.39 is 6.17 Å². The Morgan fingerprint density at radius 2 is 2.44 bits per heavy atom. The number of rotatable bonds is 1. The monoisotopic (exact) mass is 125 g/mol. The van der Waals surface area contributed by atoms with Crippen LogP contribution in [0.3, 0.4) is 0 Å². The van der Waals surface area contributed by atoms with Crippen LogP contribution in [-0.2, 0) is 0 Å². The normalized spacial score (nSPS) is 13.1. The molecule has 1 atom stereocenters. The third kappa shape index (κ3) is 1.45. The van der Waals surface area contributed by atoms with Crippen molar-refractivity contribution in [1.82, 2.24) is 9.97 Å². The highest BCUT2D eigenvalue weighted by atomic mass is 19.1. The van der Waals surface area contributed by atoms with Gasteiger partial charge in [0.2, 0.25) is 0 Å². The summed E-state index contributed by atoms with van der Waals surface area (Å²) >= 11 is 0. The van der Waals surface area contributed by atoms with Crippen molar-refractivity contribution in [3.63, 3.8) is 0 Å². The maximum Gasteiger partial charge on any atom is 0.142 e. The SMILES string of the molecule is [CH2]C(F)c1ccncn1. The summed E-state index contributed by atoms with van der Waals surface area (Å²) < 4.78 is 12.2. The lowest BCUT2D eigenvalue weighted by Gasteiger charge is -1.96. The molecule has 1 unspecified atom stereocenters. The molecule has 0 bridgehead atoms. The molecule has 0 N–H and O–H groups in total. The van der Waals surface area contributed by atoms with Crippen LogP contribution < -0.4 is 0 Å². The van der Waals surface area contributed by atoms with Crippen LogP contribution in [0.15, 0.2) is 18.6 Å². The lowest BCUT2D eigenvalue weighted by atomic mass is 10.3. The van der Waals surface area contributed by atoms with E-state index in [1.54, 1.807) is 0 Å². The molecule has 9 heavy (non-hydrogen) atoms. The molecule has 3 heteroatoms. The molecule has 0 amide bonds. The van der Waals surface area contributed by atoms with Crippen LogP contribution in [0.4, 0.5) is 4.39 Å². The van der Waals surface area contributed by atoms with E-state index in [1.807, 2.05) is 0 Å². The number of aromatic nitrogens is 2. The Bertz CT molecular complexity index is 174. The highest BCUT2D eigenvalue weighted by Crippen LogP contribution is 2.09. The van der Waals surface area contributed by atoms with Gasteiger partial charge in [0.25, 0.3) is 0 Å². The highest BCUT2D eigenvalue weighted by molar-refractivity contribution is 5.02. The second-order valence-corrected chi connectivity index (χ2v) is 1.60. The standard InChI is InChI=1S/C6H6FN2/c1-5(7)6-2-3-8-4-9-6/h2-5H,1H2. The Morgan fingerprint density at radius 3 is 2.78 bits per heavy atom. The van der Waals surface area contributed by atoms with Crippen molar-refractivity contribution in [3.05, 3.63) is 31.2 Å². The number of halogens is 1. The fourth-order valence-corrected chi connectivity index (χ4v) is 0.486. The Hall–Kier alpha value is -0.990. The van der Waals surface area contributed by atoms with E-state index in [2.05, 4.69) is 16.9 Å². The van der Waals surface area contributed by atoms with Crippen molar-refractivity contribution in [2.24, 2.45) is 0 Å². The zero-order valence-electron chi connectivity index (χ0n) is 4.79. The van der Waals surface area contributed by atoms with Crippen LogP contribution in [-0.4, -0.2) is 9.97 Å². The van der Waals surface area contributed by atoms with Crippen molar-refractivity contribution in [1.29, 1.82) is 0 Å². The molecule has 0 saturated heterocycles. The number of nitrogens with zero attached hydrogens (tertiary/aromatic N) is 2. The number of hydrogen-bond donors (Lipinski definition) is 0. The summed E-state index contributed by atoms with van der Waals surface area (Å²) in [5.74, 6) is 0. The van der Waals surface area contributed by atoms with Crippen LogP contribution in [0.2, 0.25) is 0 Å². The predicted octanol–water partition coefficient (Wildman–Crippen LogP) is 1.32. The molecule has 0 aliphatic rings. The zero-order valence-corrected chi connectivity index (χ0v) is 4.79. The van der Waals surface area contributed by atoms with Crippen LogP contribution >= 0.6 is 0 Å². The van der Waals surface area contributed by atoms with Crippen LogP contribution in [0.1, 0.15) is 11.9 Å². The quantitative estimate of drug-likeness (QED) is 0.565. The molecule has 1 aromatic rings. The zero-order chi connectivity index (χ0) is 6.69. The Labute approximate surface area is 52.8 Å². The van der Waals surface area contributed by atoms with E-state index >= 15 is 0 Å². The first-order chi connectivity index (χ1) is 4.30. The van der Waals surface area contributed by atoms with Gasteiger partial charge in [-0.1, -0.05) is 0 Å². The van der Waals surface area contributed by atoms with Crippen LogP contribution in [0, 0.1) is 6.92 Å². The van der Waals surface area contributed by atoms with Crippen molar-refractivity contribution >= 4 is 0 Å². The maximum atomic E-state index is 12.2. The molecule has 0 saturated carbocycles. The minimum absolute atomic E-state index is 0.324. The van der Waals surface area contributed by atoms with Gasteiger partial charge in [-0.15, -0.1) is 0 Å². The second-order valence-electron chi connectivity index (χ2n) is 1.60. The van der Waals surface area contributed by atoms with E-state index in [9.17, 15) is 4.39 Å². The fraction of sp³-hybridized carbons (Fsp3) is 0.167. The van der Waals surface area contributed by atoms with E-state index in [0.29, 0.717) is 5.69 Å². The van der Waals surface area contributed by atoms with Crippen LogP contribution in [0.25, 0.3) is 0 Å². The molecular weight excluding hydrogens is 119 g/mol. The summed E-state index contributed by atoms with van der Waals surface area (Å²) in [5, 5.41) is 0. The van der Waals surface area contributed by atoms with Crippen molar-refractivity contribution in [2.75, 3.05) is 0 Å². The third-order valence-corrected chi connectivity index (χ3v) is 0.926. The molecule has 0 aromatic carbocycles. The lowest BCUT2D eigenvalue weighted by molar-refractivity contribution is 0.402. The van der Waals surface area contributed by atoms with Gasteiger partial charge >= 0.3 is 0 Å². The summed E-state index contributed by atoms with van der Waals surface area (Å²) in [4.78, 5) is 7.25. The Balaban J connectivity index is 2.85. The molecule has 0 spiro atoms. The van der Waals surface area contributed by atoms with Gasteiger partial charge in [-0.2, -0.15) is 0 Å². The molecule has 1 radical (unpaired) electrons. The first-order valence-corrected chi connectivity index (χ1v) is 2.54. The second kappa shape index (κ2) is 2.53. The topological polar surface area (TPSA) is 25.8 Å². The van der Waals surface area contributed by atoms with Gasteiger partial charge in [0.1, 0.15) is 12.5 Å². The molecule has 1 heterocycles. The van der Waals surface area contributed by atoms with Gasteiger partial charge in [-0.3, -0.25) is 0 Å². The summed E-state index contributed by atoms with van der Waals surface area (Å²) in [7, 11) is 0. The van der Waals surface area contributed by atoms with Gasteiger partial charge in [0.15, 0.2) is 0 Å². The molecule has 1 aromatic heterocycles. The highest BCUT2D eigenvalue weighted by Gasteiger charge is 2.00.